The second kappa shape index (κ2) is 9.32. The van der Waals surface area contributed by atoms with Crippen molar-refractivity contribution >= 4 is 7.25 Å². The van der Waals surface area contributed by atoms with Crippen molar-refractivity contribution in [1.29, 1.82) is 0 Å². The summed E-state index contributed by atoms with van der Waals surface area (Å²) in [6, 6.07) is 11.4. The standard InChI is InChI=1S/2C5H5N.BF4/c2*1-2-4-6-5-3-1;2-1(3,4)5/h2*1-5H;/q;;-1. The lowest BCUT2D eigenvalue weighted by molar-refractivity contribution is 0.368. The summed E-state index contributed by atoms with van der Waals surface area (Å²) in [6.45, 7) is 0. The van der Waals surface area contributed by atoms with E-state index in [1.165, 1.54) is 0 Å². The first kappa shape index (κ1) is 15.1. The van der Waals surface area contributed by atoms with Crippen LogP contribution < -0.4 is 0 Å². The molecule has 0 unspecified atom stereocenters. The minimum atomic E-state index is -6.00. The van der Waals surface area contributed by atoms with Crippen molar-refractivity contribution in [1.82, 2.24) is 9.97 Å². The summed E-state index contributed by atoms with van der Waals surface area (Å²) in [6.07, 6.45) is 7.00. The van der Waals surface area contributed by atoms with Gasteiger partial charge in [0.05, 0.1) is 0 Å². The van der Waals surface area contributed by atoms with E-state index in [0.29, 0.717) is 0 Å². The molecule has 2 nitrogen and oxygen atoms in total. The average molecular weight is 245 g/mol. The van der Waals surface area contributed by atoms with Crippen molar-refractivity contribution in [2.75, 3.05) is 0 Å². The van der Waals surface area contributed by atoms with Gasteiger partial charge in [0.25, 0.3) is 0 Å². The molecule has 0 aliphatic heterocycles. The lowest BCUT2D eigenvalue weighted by Gasteiger charge is -1.94. The zero-order valence-electron chi connectivity index (χ0n) is 8.76. The Morgan fingerprint density at radius 2 is 0.765 bits per heavy atom. The Kier molecular flexibility index (Phi) is 8.27. The third-order valence-corrected chi connectivity index (χ3v) is 1.13. The third kappa shape index (κ3) is 20.2. The van der Waals surface area contributed by atoms with Crippen LogP contribution in [0.25, 0.3) is 0 Å². The Morgan fingerprint density at radius 3 is 0.824 bits per heavy atom. The van der Waals surface area contributed by atoms with E-state index < -0.39 is 7.25 Å². The first-order chi connectivity index (χ1) is 8.00. The van der Waals surface area contributed by atoms with Crippen molar-refractivity contribution in [3.63, 3.8) is 0 Å². The first-order valence-electron chi connectivity index (χ1n) is 4.57. The molecule has 7 heteroatoms. The van der Waals surface area contributed by atoms with Crippen molar-refractivity contribution in [3.8, 4) is 0 Å². The van der Waals surface area contributed by atoms with Gasteiger partial charge in [-0.05, 0) is 24.3 Å². The van der Waals surface area contributed by atoms with Crippen LogP contribution in [0.15, 0.2) is 61.2 Å². The molecule has 2 aromatic rings. The summed E-state index contributed by atoms with van der Waals surface area (Å²) < 4.78 is 39.0. The molecule has 2 aromatic heterocycles. The predicted molar refractivity (Wildman–Crippen MR) is 58.7 cm³/mol. The van der Waals surface area contributed by atoms with Crippen LogP contribution >= 0.6 is 0 Å². The number of rotatable bonds is 0. The quantitative estimate of drug-likeness (QED) is 0.524. The molecular weight excluding hydrogens is 235 g/mol. The normalized spacial score (nSPS) is 9.18. The molecule has 2 rings (SSSR count). The maximum absolute atomic E-state index is 9.75. The SMILES string of the molecule is F[B-](F)(F)F.c1ccncc1.c1ccncc1. The fraction of sp³-hybridized carbons (Fsp3) is 0. The largest absolute Gasteiger partial charge is 0.673 e. The summed E-state index contributed by atoms with van der Waals surface area (Å²) in [5.74, 6) is 0. The van der Waals surface area contributed by atoms with Gasteiger partial charge < -0.3 is 17.3 Å². The van der Waals surface area contributed by atoms with Gasteiger partial charge in [0, 0.05) is 24.8 Å². The molecule has 92 valence electrons. The minimum absolute atomic E-state index is 1.75. The smallest absolute Gasteiger partial charge is 0.418 e. The molecule has 0 saturated carbocycles. The highest BCUT2D eigenvalue weighted by Gasteiger charge is 2.20. The van der Waals surface area contributed by atoms with Gasteiger partial charge in [-0.2, -0.15) is 0 Å². The summed E-state index contributed by atoms with van der Waals surface area (Å²) in [7, 11) is -6.00. The summed E-state index contributed by atoms with van der Waals surface area (Å²) in [5.41, 5.74) is 0. The molecule has 0 aliphatic rings. The molecule has 0 spiro atoms. The van der Waals surface area contributed by atoms with E-state index in [9.17, 15) is 17.3 Å². The first-order valence-corrected chi connectivity index (χ1v) is 4.57. The van der Waals surface area contributed by atoms with E-state index >= 15 is 0 Å². The highest BCUT2D eigenvalue weighted by Crippen LogP contribution is 2.06. The Hall–Kier alpha value is -1.92. The third-order valence-electron chi connectivity index (χ3n) is 1.13. The van der Waals surface area contributed by atoms with E-state index in [0.717, 1.165) is 0 Å². The van der Waals surface area contributed by atoms with Crippen LogP contribution in [0.4, 0.5) is 17.3 Å². The summed E-state index contributed by atoms with van der Waals surface area (Å²) in [5, 5.41) is 0. The monoisotopic (exact) mass is 245 g/mol. The second-order valence-electron chi connectivity index (χ2n) is 2.54. The van der Waals surface area contributed by atoms with E-state index in [2.05, 4.69) is 9.97 Å². The molecule has 0 amide bonds. The Bertz CT molecular complexity index is 265. The minimum Gasteiger partial charge on any atom is -0.418 e. The van der Waals surface area contributed by atoms with E-state index in [-0.39, 0.29) is 0 Å². The van der Waals surface area contributed by atoms with E-state index in [1.54, 1.807) is 24.8 Å². The number of hydrogen-bond donors (Lipinski definition) is 0. The Morgan fingerprint density at radius 1 is 0.529 bits per heavy atom. The molecule has 0 bridgehead atoms. The van der Waals surface area contributed by atoms with E-state index in [4.69, 9.17) is 0 Å². The average Bonchev–Trinajstić information content (AvgIpc) is 2.32. The van der Waals surface area contributed by atoms with Crippen LogP contribution in [0.5, 0.6) is 0 Å². The second-order valence-corrected chi connectivity index (χ2v) is 2.54. The van der Waals surface area contributed by atoms with Crippen LogP contribution in [0.1, 0.15) is 0 Å². The molecular formula is C10H10BF4N2-. The molecule has 2 heterocycles. The number of pyridine rings is 2. The number of aromatic nitrogens is 2. The molecule has 0 radical (unpaired) electrons. The zero-order valence-corrected chi connectivity index (χ0v) is 8.76. The maximum Gasteiger partial charge on any atom is 0.673 e. The van der Waals surface area contributed by atoms with Crippen molar-refractivity contribution < 1.29 is 17.3 Å². The van der Waals surface area contributed by atoms with Gasteiger partial charge in [0.2, 0.25) is 0 Å². The Balaban J connectivity index is 0.000000228. The van der Waals surface area contributed by atoms with Crippen LogP contribution in [0, 0.1) is 0 Å². The highest BCUT2D eigenvalue weighted by molar-refractivity contribution is 6.50. The lowest BCUT2D eigenvalue weighted by atomic mass is 10.3. The number of nitrogens with zero attached hydrogens (tertiary/aromatic N) is 2. The topological polar surface area (TPSA) is 25.8 Å². The zero-order chi connectivity index (χ0) is 13.0. The van der Waals surface area contributed by atoms with Gasteiger partial charge >= 0.3 is 7.25 Å². The van der Waals surface area contributed by atoms with Gasteiger partial charge in [-0.1, -0.05) is 12.1 Å². The van der Waals surface area contributed by atoms with Gasteiger partial charge in [-0.3, -0.25) is 9.97 Å². The van der Waals surface area contributed by atoms with Gasteiger partial charge in [-0.15, -0.1) is 0 Å². The lowest BCUT2D eigenvalue weighted by Crippen LogP contribution is -2.02. The molecule has 0 fully saturated rings. The summed E-state index contributed by atoms with van der Waals surface area (Å²) in [4.78, 5) is 7.57. The fourth-order valence-electron chi connectivity index (χ4n) is 0.625. The van der Waals surface area contributed by atoms with Gasteiger partial charge in [-0.25, -0.2) is 0 Å². The molecule has 0 atom stereocenters. The van der Waals surface area contributed by atoms with Crippen molar-refractivity contribution in [2.45, 2.75) is 0 Å². The van der Waals surface area contributed by atoms with Crippen LogP contribution in [0.2, 0.25) is 0 Å². The predicted octanol–water partition coefficient (Wildman–Crippen LogP) is 3.46. The molecule has 0 saturated heterocycles. The van der Waals surface area contributed by atoms with Gasteiger partial charge in [0.1, 0.15) is 0 Å². The van der Waals surface area contributed by atoms with Crippen molar-refractivity contribution in [2.24, 2.45) is 0 Å². The number of hydrogen-bond acceptors (Lipinski definition) is 2. The van der Waals surface area contributed by atoms with Crippen molar-refractivity contribution in [3.05, 3.63) is 61.2 Å². The van der Waals surface area contributed by atoms with E-state index in [1.807, 2.05) is 36.4 Å². The van der Waals surface area contributed by atoms with Crippen LogP contribution in [0.3, 0.4) is 0 Å². The van der Waals surface area contributed by atoms with Gasteiger partial charge in [0.15, 0.2) is 0 Å². The van der Waals surface area contributed by atoms with Crippen LogP contribution in [-0.4, -0.2) is 17.2 Å². The molecule has 0 aromatic carbocycles. The summed E-state index contributed by atoms with van der Waals surface area (Å²) >= 11 is 0. The molecule has 17 heavy (non-hydrogen) atoms. The molecule has 0 aliphatic carbocycles. The maximum atomic E-state index is 9.75. The van der Waals surface area contributed by atoms with Crippen LogP contribution in [-0.2, 0) is 0 Å². The fourth-order valence-corrected chi connectivity index (χ4v) is 0.625. The molecule has 0 N–H and O–H groups in total. The highest BCUT2D eigenvalue weighted by atomic mass is 19.5. The Labute approximate surface area is 96.5 Å². The number of halogens is 4.